The monoisotopic (exact) mass is 338 g/mol. The molecule has 1 saturated heterocycles. The van der Waals surface area contributed by atoms with Gasteiger partial charge in [-0.1, -0.05) is 32.1 Å². The molecule has 1 aliphatic heterocycles. The van der Waals surface area contributed by atoms with E-state index in [9.17, 15) is 9.59 Å². The second kappa shape index (κ2) is 10.7. The van der Waals surface area contributed by atoms with Gasteiger partial charge in [0, 0.05) is 38.6 Å². The van der Waals surface area contributed by atoms with Gasteiger partial charge in [0.05, 0.1) is 6.10 Å². The third kappa shape index (κ3) is 6.80. The lowest BCUT2D eigenvalue weighted by Gasteiger charge is -2.31. The minimum Gasteiger partial charge on any atom is -0.378 e. The number of carbonyl (C=O) groups excluding carboxylic acids is 2. The second-order valence-corrected chi connectivity index (χ2v) is 7.15. The van der Waals surface area contributed by atoms with Gasteiger partial charge in [-0.2, -0.15) is 0 Å². The van der Waals surface area contributed by atoms with E-state index >= 15 is 0 Å². The van der Waals surface area contributed by atoms with Crippen LogP contribution in [0.1, 0.15) is 77.6 Å². The maximum absolute atomic E-state index is 12.3. The van der Waals surface area contributed by atoms with Crippen molar-refractivity contribution in [3.05, 3.63) is 0 Å². The zero-order chi connectivity index (χ0) is 17.2. The lowest BCUT2D eigenvalue weighted by molar-refractivity contribution is -0.136. The summed E-state index contributed by atoms with van der Waals surface area (Å²) in [6.45, 7) is 4.26. The predicted molar refractivity (Wildman–Crippen MR) is 94.7 cm³/mol. The Morgan fingerprint density at radius 3 is 2.21 bits per heavy atom. The van der Waals surface area contributed by atoms with Gasteiger partial charge in [-0.05, 0) is 32.6 Å². The van der Waals surface area contributed by atoms with Crippen molar-refractivity contribution >= 4 is 11.8 Å². The van der Waals surface area contributed by atoms with Crippen LogP contribution in [0.15, 0.2) is 0 Å². The highest BCUT2D eigenvalue weighted by molar-refractivity contribution is 5.83. The molecule has 2 aliphatic rings. The summed E-state index contributed by atoms with van der Waals surface area (Å²) in [7, 11) is 0. The van der Waals surface area contributed by atoms with Crippen molar-refractivity contribution in [3.63, 3.8) is 0 Å². The molecule has 24 heavy (non-hydrogen) atoms. The van der Waals surface area contributed by atoms with E-state index in [1.54, 1.807) is 0 Å². The number of hydrogen-bond donors (Lipinski definition) is 1. The number of amides is 2. The van der Waals surface area contributed by atoms with Crippen molar-refractivity contribution in [2.24, 2.45) is 0 Å². The van der Waals surface area contributed by atoms with Crippen LogP contribution in [0.5, 0.6) is 0 Å². The van der Waals surface area contributed by atoms with Gasteiger partial charge in [0.15, 0.2) is 0 Å². The third-order valence-electron chi connectivity index (χ3n) is 5.23. The van der Waals surface area contributed by atoms with Gasteiger partial charge in [0.1, 0.15) is 0 Å². The molecule has 2 amide bonds. The highest BCUT2D eigenvalue weighted by Crippen LogP contribution is 2.18. The molecule has 1 aliphatic carbocycles. The van der Waals surface area contributed by atoms with Crippen LogP contribution in [0, 0.1) is 0 Å². The van der Waals surface area contributed by atoms with E-state index in [1.165, 1.54) is 32.1 Å². The number of nitrogens with zero attached hydrogens (tertiary/aromatic N) is 1. The van der Waals surface area contributed by atoms with E-state index < -0.39 is 0 Å². The Morgan fingerprint density at radius 1 is 0.958 bits per heavy atom. The summed E-state index contributed by atoms with van der Waals surface area (Å²) in [4.78, 5) is 26.3. The fourth-order valence-corrected chi connectivity index (χ4v) is 3.79. The molecule has 1 N–H and O–H groups in total. The average molecular weight is 338 g/mol. The molecule has 0 aromatic heterocycles. The van der Waals surface area contributed by atoms with E-state index in [-0.39, 0.29) is 11.8 Å². The van der Waals surface area contributed by atoms with E-state index in [0.29, 0.717) is 25.0 Å². The highest BCUT2D eigenvalue weighted by atomic mass is 16.5. The average Bonchev–Trinajstić information content (AvgIpc) is 2.56. The molecule has 0 spiro atoms. The van der Waals surface area contributed by atoms with Gasteiger partial charge in [0.2, 0.25) is 11.8 Å². The fourth-order valence-electron chi connectivity index (χ4n) is 3.79. The van der Waals surface area contributed by atoms with Crippen molar-refractivity contribution in [1.82, 2.24) is 10.2 Å². The minimum absolute atomic E-state index is 0.0399. The predicted octanol–water partition coefficient (Wildman–Crippen LogP) is 3.02. The van der Waals surface area contributed by atoms with E-state index in [1.807, 2.05) is 11.8 Å². The van der Waals surface area contributed by atoms with E-state index in [2.05, 4.69) is 5.32 Å². The first-order chi connectivity index (χ1) is 11.7. The summed E-state index contributed by atoms with van der Waals surface area (Å²) in [6.07, 6.45) is 11.2. The van der Waals surface area contributed by atoms with Crippen LogP contribution in [-0.4, -0.2) is 48.6 Å². The number of carbonyl (C=O) groups is 2. The Balaban J connectivity index is 1.63. The quantitative estimate of drug-likeness (QED) is 0.810. The number of hydrogen-bond acceptors (Lipinski definition) is 3. The largest absolute Gasteiger partial charge is 0.378 e. The Hall–Kier alpha value is -1.10. The smallest absolute Gasteiger partial charge is 0.223 e. The lowest BCUT2D eigenvalue weighted by Crippen LogP contribution is -2.41. The standard InChI is InChI=1S/C19H34N2O3/c1-2-24-17-12-14-21(15-13-17)19(23)11-10-18(22)20-16-8-6-4-3-5-7-9-16/h16-17H,2-15H2,1H3,(H,20,22). The van der Waals surface area contributed by atoms with Gasteiger partial charge in [-0.25, -0.2) is 0 Å². The Labute approximate surface area is 146 Å². The van der Waals surface area contributed by atoms with Crippen molar-refractivity contribution in [1.29, 1.82) is 0 Å². The molecule has 0 radical (unpaired) electrons. The van der Waals surface area contributed by atoms with Gasteiger partial charge in [-0.15, -0.1) is 0 Å². The van der Waals surface area contributed by atoms with Crippen molar-refractivity contribution in [2.75, 3.05) is 19.7 Å². The number of likely N-dealkylation sites (tertiary alicyclic amines) is 1. The third-order valence-corrected chi connectivity index (χ3v) is 5.23. The minimum atomic E-state index is 0.0399. The fraction of sp³-hybridized carbons (Fsp3) is 0.895. The lowest BCUT2D eigenvalue weighted by atomic mass is 9.96. The van der Waals surface area contributed by atoms with Crippen LogP contribution < -0.4 is 5.32 Å². The van der Waals surface area contributed by atoms with Crippen LogP contribution in [0.3, 0.4) is 0 Å². The molecule has 5 heteroatoms. The van der Waals surface area contributed by atoms with Gasteiger partial charge in [0.25, 0.3) is 0 Å². The molecule has 0 unspecified atom stereocenters. The zero-order valence-electron chi connectivity index (χ0n) is 15.2. The van der Waals surface area contributed by atoms with Crippen LogP contribution in [0.25, 0.3) is 0 Å². The van der Waals surface area contributed by atoms with Gasteiger partial charge < -0.3 is 15.0 Å². The van der Waals surface area contributed by atoms with Crippen LogP contribution >= 0.6 is 0 Å². The second-order valence-electron chi connectivity index (χ2n) is 7.15. The molecule has 138 valence electrons. The Bertz CT molecular complexity index is 384. The van der Waals surface area contributed by atoms with Gasteiger partial charge in [-0.3, -0.25) is 9.59 Å². The first kappa shape index (κ1) is 19.2. The molecule has 0 aromatic rings. The van der Waals surface area contributed by atoms with Crippen LogP contribution in [0.4, 0.5) is 0 Å². The molecule has 0 atom stereocenters. The topological polar surface area (TPSA) is 58.6 Å². The number of piperidine rings is 1. The number of rotatable bonds is 6. The molecule has 2 rings (SSSR count). The molecular formula is C19H34N2O3. The van der Waals surface area contributed by atoms with Crippen LogP contribution in [0.2, 0.25) is 0 Å². The van der Waals surface area contributed by atoms with Crippen molar-refractivity contribution in [3.8, 4) is 0 Å². The molecular weight excluding hydrogens is 304 g/mol. The molecule has 0 aromatic carbocycles. The van der Waals surface area contributed by atoms with Crippen LogP contribution in [-0.2, 0) is 14.3 Å². The summed E-state index contributed by atoms with van der Waals surface area (Å²) in [6, 6.07) is 0.315. The van der Waals surface area contributed by atoms with E-state index in [4.69, 9.17) is 4.74 Å². The molecule has 5 nitrogen and oxygen atoms in total. The number of nitrogens with one attached hydrogen (secondary N) is 1. The normalized spacial score (nSPS) is 21.1. The Kier molecular flexibility index (Phi) is 8.57. The number of ether oxygens (including phenoxy) is 1. The zero-order valence-corrected chi connectivity index (χ0v) is 15.2. The Morgan fingerprint density at radius 2 is 1.58 bits per heavy atom. The molecule has 1 saturated carbocycles. The summed E-state index contributed by atoms with van der Waals surface area (Å²) in [5.74, 6) is 0.149. The SMILES string of the molecule is CCOC1CCN(C(=O)CCC(=O)NC2CCCCCCC2)CC1. The first-order valence-corrected chi connectivity index (χ1v) is 9.87. The summed E-state index contributed by atoms with van der Waals surface area (Å²) in [5, 5.41) is 3.14. The first-order valence-electron chi connectivity index (χ1n) is 9.87. The molecule has 2 fully saturated rings. The van der Waals surface area contributed by atoms with Crippen molar-refractivity contribution in [2.45, 2.75) is 89.7 Å². The maximum Gasteiger partial charge on any atom is 0.223 e. The summed E-state index contributed by atoms with van der Waals surface area (Å²) in [5.41, 5.74) is 0. The summed E-state index contributed by atoms with van der Waals surface area (Å²) < 4.78 is 5.61. The van der Waals surface area contributed by atoms with E-state index in [0.717, 1.165) is 45.4 Å². The maximum atomic E-state index is 12.3. The molecule has 1 heterocycles. The molecule has 0 bridgehead atoms. The highest BCUT2D eigenvalue weighted by Gasteiger charge is 2.23. The van der Waals surface area contributed by atoms with Gasteiger partial charge >= 0.3 is 0 Å². The summed E-state index contributed by atoms with van der Waals surface area (Å²) >= 11 is 0. The van der Waals surface area contributed by atoms with Crippen molar-refractivity contribution < 1.29 is 14.3 Å².